The van der Waals surface area contributed by atoms with Crippen molar-refractivity contribution in [3.63, 3.8) is 0 Å². The lowest BCUT2D eigenvalue weighted by atomic mass is 9.97. The second-order valence-corrected chi connectivity index (χ2v) is 13.1. The van der Waals surface area contributed by atoms with E-state index in [1.165, 1.54) is 48.7 Å². The molecule has 3 aliphatic rings. The van der Waals surface area contributed by atoms with Crippen molar-refractivity contribution < 1.29 is 0 Å². The summed E-state index contributed by atoms with van der Waals surface area (Å²) < 4.78 is 0. The number of fused-ring (bicyclic) bond motifs is 4. The summed E-state index contributed by atoms with van der Waals surface area (Å²) in [4.78, 5) is 13.1. The topological polar surface area (TPSA) is 122 Å². The lowest BCUT2D eigenvalue weighted by molar-refractivity contribution is 0.648. The number of hydrogen-bond donors (Lipinski definition) is 5. The van der Waals surface area contributed by atoms with Gasteiger partial charge in [-0.25, -0.2) is 15.8 Å². The normalized spacial score (nSPS) is 15.6. The second-order valence-electron chi connectivity index (χ2n) is 13.1. The lowest BCUT2D eigenvalue weighted by Crippen LogP contribution is -2.35. The van der Waals surface area contributed by atoms with Gasteiger partial charge in [-0.05, 0) is 97.4 Å². The molecule has 0 spiro atoms. The highest BCUT2D eigenvalue weighted by Gasteiger charge is 2.08. The van der Waals surface area contributed by atoms with Crippen molar-refractivity contribution >= 4 is 73.1 Å². The van der Waals surface area contributed by atoms with Gasteiger partial charge < -0.3 is 10.7 Å². The first kappa shape index (κ1) is 33.0. The molecule has 0 fully saturated rings. The Balaban J connectivity index is 0.000000156. The zero-order valence-corrected chi connectivity index (χ0v) is 29.1. The Morgan fingerprint density at radius 2 is 1.27 bits per heavy atom. The molecule has 0 aromatic heterocycles. The van der Waals surface area contributed by atoms with Crippen molar-refractivity contribution in [2.24, 2.45) is 25.2 Å². The fraction of sp³-hybridized carbons (Fsp3) is 0.214. The van der Waals surface area contributed by atoms with Crippen molar-refractivity contribution in [2.45, 2.75) is 32.2 Å². The molecule has 260 valence electrons. The Labute approximate surface area is 302 Å². The summed E-state index contributed by atoms with van der Waals surface area (Å²) in [6, 6.07) is 36.6. The Bertz CT molecular complexity index is 2340. The van der Waals surface area contributed by atoms with Crippen molar-refractivity contribution in [2.75, 3.05) is 26.2 Å². The van der Waals surface area contributed by atoms with Crippen LogP contribution in [0.25, 0.3) is 43.1 Å². The first-order chi connectivity index (χ1) is 25.7. The Hall–Kier alpha value is -6.13. The van der Waals surface area contributed by atoms with E-state index in [4.69, 9.17) is 0 Å². The number of nitrogens with zero attached hydrogens (tertiary/aromatic N) is 5. The largest absolute Gasteiger partial charge is 0.353 e. The maximum Gasteiger partial charge on any atom is 0.212 e. The maximum absolute atomic E-state index is 4.42. The van der Waals surface area contributed by atoms with Crippen LogP contribution in [0, 0.1) is 0 Å². The minimum Gasteiger partial charge on any atom is -0.353 e. The monoisotopic (exact) mass is 686 g/mol. The number of guanidine groups is 1. The smallest absolute Gasteiger partial charge is 0.212 e. The molecule has 0 aliphatic carbocycles. The molecule has 0 unspecified atom stereocenters. The third kappa shape index (κ3) is 7.92. The average Bonchev–Trinajstić information content (AvgIpc) is 4.00. The molecule has 0 bridgehead atoms. The van der Waals surface area contributed by atoms with E-state index in [9.17, 15) is 0 Å². The van der Waals surface area contributed by atoms with Gasteiger partial charge in [-0.1, -0.05) is 72.8 Å². The fourth-order valence-electron chi connectivity index (χ4n) is 6.78. The first-order valence-corrected chi connectivity index (χ1v) is 18.0. The number of hydrazone groups is 2. The van der Waals surface area contributed by atoms with E-state index >= 15 is 0 Å². The van der Waals surface area contributed by atoms with Crippen LogP contribution >= 0.6 is 0 Å². The van der Waals surface area contributed by atoms with Crippen LogP contribution in [0.4, 0.5) is 0 Å². The maximum atomic E-state index is 4.42. The van der Waals surface area contributed by atoms with E-state index in [1.807, 2.05) is 12.4 Å². The Kier molecular flexibility index (Phi) is 10.1. The number of benzene rings is 6. The molecule has 3 aliphatic heterocycles. The molecule has 6 aromatic carbocycles. The van der Waals surface area contributed by atoms with E-state index < -0.39 is 0 Å². The highest BCUT2D eigenvalue weighted by atomic mass is 15.4. The molecule has 0 saturated heterocycles. The molecule has 10 nitrogen and oxygen atoms in total. The van der Waals surface area contributed by atoms with E-state index in [1.54, 1.807) is 0 Å². The lowest BCUT2D eigenvalue weighted by Gasteiger charge is -2.09. The molecule has 10 heteroatoms. The summed E-state index contributed by atoms with van der Waals surface area (Å²) in [5.41, 5.74) is 16.0. The summed E-state index contributed by atoms with van der Waals surface area (Å²) in [5, 5.41) is 21.7. The number of nitrogens with one attached hydrogen (secondary N) is 5. The van der Waals surface area contributed by atoms with Crippen molar-refractivity contribution in [3.8, 4) is 0 Å². The number of aliphatic imine (C=N–C) groups is 3. The number of hydrogen-bond acceptors (Lipinski definition) is 10. The third-order valence-electron chi connectivity index (χ3n) is 9.42. The minimum absolute atomic E-state index is 0.730. The van der Waals surface area contributed by atoms with Gasteiger partial charge in [-0.2, -0.15) is 10.2 Å². The Morgan fingerprint density at radius 3 is 2.00 bits per heavy atom. The molecule has 9 rings (SSSR count). The zero-order chi connectivity index (χ0) is 35.0. The molecular weight excluding hydrogens is 645 g/mol. The summed E-state index contributed by atoms with van der Waals surface area (Å²) in [7, 11) is 0. The molecule has 6 aromatic rings. The number of amidine groups is 2. The SMILES string of the molecule is C(=N/NC1=NCCN1)/c1ccc2cc3ccc(CNNC4=NCCC4)cc3cc2c1.C(=N\NC1=NCCC1)/c1c2ccccc2cc2ccccc12. The fourth-order valence-corrected chi connectivity index (χ4v) is 6.78. The first-order valence-electron chi connectivity index (χ1n) is 18.0. The predicted molar refractivity (Wildman–Crippen MR) is 218 cm³/mol. The quantitative estimate of drug-likeness (QED) is 0.0721. The van der Waals surface area contributed by atoms with Crippen molar-refractivity contribution in [1.29, 1.82) is 0 Å². The van der Waals surface area contributed by atoms with E-state index in [-0.39, 0.29) is 0 Å². The van der Waals surface area contributed by atoms with Crippen molar-refractivity contribution in [3.05, 3.63) is 120 Å². The zero-order valence-electron chi connectivity index (χ0n) is 29.1. The highest BCUT2D eigenvalue weighted by Crippen LogP contribution is 2.27. The van der Waals surface area contributed by atoms with Crippen LogP contribution in [0.1, 0.15) is 42.4 Å². The van der Waals surface area contributed by atoms with Crippen LogP contribution in [0.2, 0.25) is 0 Å². The van der Waals surface area contributed by atoms with Gasteiger partial charge in [0.1, 0.15) is 11.7 Å². The van der Waals surface area contributed by atoms with Gasteiger partial charge in [0.2, 0.25) is 5.96 Å². The van der Waals surface area contributed by atoms with Gasteiger partial charge in [0.05, 0.1) is 19.0 Å². The van der Waals surface area contributed by atoms with Gasteiger partial charge in [0, 0.05) is 44.6 Å². The summed E-state index contributed by atoms with van der Waals surface area (Å²) in [6.07, 6.45) is 8.03. The second kappa shape index (κ2) is 15.8. The van der Waals surface area contributed by atoms with Crippen LogP contribution in [-0.2, 0) is 6.54 Å². The molecule has 0 atom stereocenters. The molecule has 5 N–H and O–H groups in total. The Morgan fingerprint density at radius 1 is 0.596 bits per heavy atom. The molecule has 3 heterocycles. The summed E-state index contributed by atoms with van der Waals surface area (Å²) >= 11 is 0. The molecule has 0 amide bonds. The van der Waals surface area contributed by atoms with E-state index in [0.29, 0.717) is 0 Å². The van der Waals surface area contributed by atoms with E-state index in [2.05, 4.69) is 155 Å². The third-order valence-corrected chi connectivity index (χ3v) is 9.42. The molecule has 0 radical (unpaired) electrons. The number of rotatable bonds is 7. The molecule has 52 heavy (non-hydrogen) atoms. The van der Waals surface area contributed by atoms with Gasteiger partial charge in [0.15, 0.2) is 0 Å². The van der Waals surface area contributed by atoms with Gasteiger partial charge in [-0.3, -0.25) is 15.4 Å². The van der Waals surface area contributed by atoms with Crippen LogP contribution in [0.5, 0.6) is 0 Å². The van der Waals surface area contributed by atoms with Crippen LogP contribution in [-0.4, -0.2) is 56.2 Å². The van der Waals surface area contributed by atoms with Gasteiger partial charge in [-0.15, -0.1) is 0 Å². The highest BCUT2D eigenvalue weighted by molar-refractivity contribution is 6.13. The van der Waals surface area contributed by atoms with Crippen LogP contribution in [0.3, 0.4) is 0 Å². The standard InChI is InChI=1S/C23H25N7.C19H17N3/c1-2-22(24-7-1)29-27-14-16-3-5-18-12-19-6-4-17(11-21(19)13-20(18)10-16)15-28-30-23-25-8-9-26-23;1-3-8-16-14(6-1)12-15-7-2-4-9-17(15)18(16)13-21-22-19-10-5-11-20-19/h3-6,10-13,15,27H,1-2,7-9,14H2,(H,24,29)(H2,25,26,30);1-4,6-9,12-13H,5,10-11H2,(H,20,22)/b28-15-;21-13+. The summed E-state index contributed by atoms with van der Waals surface area (Å²) in [6.45, 7) is 4.26. The van der Waals surface area contributed by atoms with Crippen LogP contribution < -0.4 is 27.0 Å². The average molecular weight is 687 g/mol. The van der Waals surface area contributed by atoms with E-state index in [0.717, 1.165) is 87.2 Å². The number of hydrazine groups is 1. The minimum atomic E-state index is 0.730. The predicted octanol–water partition coefficient (Wildman–Crippen LogP) is 6.77. The van der Waals surface area contributed by atoms with Gasteiger partial charge >= 0.3 is 0 Å². The summed E-state index contributed by atoms with van der Waals surface area (Å²) in [5.74, 6) is 2.77. The van der Waals surface area contributed by atoms with Crippen LogP contribution in [0.15, 0.2) is 128 Å². The molecular formula is C42H42N10. The van der Waals surface area contributed by atoms with Gasteiger partial charge in [0.25, 0.3) is 0 Å². The van der Waals surface area contributed by atoms with Crippen molar-refractivity contribution in [1.82, 2.24) is 27.0 Å². The molecule has 0 saturated carbocycles.